The standard InChI is InChI=1S/C25H23N3O2/c29-24(15-8-17-6-7-17)26-19-11-14-22-23(16-19)28-25(27-22)18-9-12-21(13-10-18)30-20-4-2-1-3-5-20/h1-5,9-14,16-17H,6-8,15H2,(H,26,29)(H,27,28). The molecule has 1 aliphatic rings. The van der Waals surface area contributed by atoms with Crippen molar-refractivity contribution in [2.24, 2.45) is 5.92 Å². The number of anilines is 1. The molecular weight excluding hydrogens is 374 g/mol. The van der Waals surface area contributed by atoms with Crippen molar-refractivity contribution in [2.45, 2.75) is 25.7 Å². The molecule has 1 aromatic heterocycles. The number of carbonyl (C=O) groups excluding carboxylic acids is 1. The summed E-state index contributed by atoms with van der Waals surface area (Å²) in [6.07, 6.45) is 4.13. The number of imidazole rings is 1. The predicted octanol–water partition coefficient (Wildman–Crippen LogP) is 6.15. The number of amides is 1. The van der Waals surface area contributed by atoms with Crippen molar-refractivity contribution in [3.8, 4) is 22.9 Å². The van der Waals surface area contributed by atoms with Gasteiger partial charge in [0.1, 0.15) is 17.3 Å². The fourth-order valence-electron chi connectivity index (χ4n) is 3.49. The van der Waals surface area contributed by atoms with Crippen molar-refractivity contribution in [1.29, 1.82) is 0 Å². The van der Waals surface area contributed by atoms with Crippen LogP contribution in [0, 0.1) is 5.92 Å². The average molecular weight is 397 g/mol. The summed E-state index contributed by atoms with van der Waals surface area (Å²) in [5, 5.41) is 2.99. The third-order valence-corrected chi connectivity index (χ3v) is 5.35. The lowest BCUT2D eigenvalue weighted by molar-refractivity contribution is -0.116. The fraction of sp³-hybridized carbons (Fsp3) is 0.200. The number of nitrogens with one attached hydrogen (secondary N) is 2. The molecule has 5 nitrogen and oxygen atoms in total. The molecular formula is C25H23N3O2. The lowest BCUT2D eigenvalue weighted by atomic mass is 10.2. The van der Waals surface area contributed by atoms with Gasteiger partial charge < -0.3 is 15.0 Å². The average Bonchev–Trinajstić information content (AvgIpc) is 3.51. The Kier molecular flexibility index (Phi) is 4.93. The van der Waals surface area contributed by atoms with E-state index in [1.807, 2.05) is 72.8 Å². The topological polar surface area (TPSA) is 67.0 Å². The minimum atomic E-state index is 0.0787. The van der Waals surface area contributed by atoms with Crippen LogP contribution in [-0.2, 0) is 4.79 Å². The fourth-order valence-corrected chi connectivity index (χ4v) is 3.49. The highest BCUT2D eigenvalue weighted by Crippen LogP contribution is 2.33. The Bertz CT molecular complexity index is 1160. The maximum absolute atomic E-state index is 12.1. The summed E-state index contributed by atoms with van der Waals surface area (Å²) >= 11 is 0. The number of fused-ring (bicyclic) bond motifs is 1. The Balaban J connectivity index is 1.29. The van der Waals surface area contributed by atoms with Crippen LogP contribution >= 0.6 is 0 Å². The SMILES string of the molecule is O=C(CCC1CC1)Nc1ccc2nc(-c3ccc(Oc4ccccc4)cc3)[nH]c2c1. The minimum absolute atomic E-state index is 0.0787. The maximum Gasteiger partial charge on any atom is 0.224 e. The highest BCUT2D eigenvalue weighted by atomic mass is 16.5. The van der Waals surface area contributed by atoms with E-state index in [4.69, 9.17) is 4.74 Å². The van der Waals surface area contributed by atoms with Crippen LogP contribution < -0.4 is 10.1 Å². The van der Waals surface area contributed by atoms with Gasteiger partial charge in [-0.25, -0.2) is 4.98 Å². The van der Waals surface area contributed by atoms with Crippen molar-refractivity contribution >= 4 is 22.6 Å². The molecule has 150 valence electrons. The van der Waals surface area contributed by atoms with Gasteiger partial charge in [0.25, 0.3) is 0 Å². The van der Waals surface area contributed by atoms with Crippen LogP contribution in [0.3, 0.4) is 0 Å². The first kappa shape index (κ1) is 18.4. The van der Waals surface area contributed by atoms with Gasteiger partial charge in [-0.3, -0.25) is 4.79 Å². The minimum Gasteiger partial charge on any atom is -0.457 e. The molecule has 0 atom stereocenters. The quantitative estimate of drug-likeness (QED) is 0.393. The lowest BCUT2D eigenvalue weighted by Crippen LogP contribution is -2.11. The maximum atomic E-state index is 12.1. The van der Waals surface area contributed by atoms with Gasteiger partial charge in [0.05, 0.1) is 11.0 Å². The first-order valence-corrected chi connectivity index (χ1v) is 10.4. The van der Waals surface area contributed by atoms with Gasteiger partial charge in [0.15, 0.2) is 0 Å². The highest BCUT2D eigenvalue weighted by molar-refractivity contribution is 5.93. The number of hydrogen-bond donors (Lipinski definition) is 2. The molecule has 1 heterocycles. The number of aromatic amines is 1. The Labute approximate surface area is 175 Å². The summed E-state index contributed by atoms with van der Waals surface area (Å²) in [4.78, 5) is 20.1. The molecule has 0 aliphatic heterocycles. The number of carbonyl (C=O) groups is 1. The summed E-state index contributed by atoms with van der Waals surface area (Å²) in [6, 6.07) is 23.3. The third kappa shape index (κ3) is 4.35. The number of nitrogens with zero attached hydrogens (tertiary/aromatic N) is 1. The molecule has 4 aromatic rings. The second-order valence-corrected chi connectivity index (χ2v) is 7.79. The van der Waals surface area contributed by atoms with Gasteiger partial charge in [0.2, 0.25) is 5.91 Å². The summed E-state index contributed by atoms with van der Waals surface area (Å²) in [5.74, 6) is 3.21. The molecule has 0 unspecified atom stereocenters. The van der Waals surface area contributed by atoms with Gasteiger partial charge in [-0.15, -0.1) is 0 Å². The molecule has 1 saturated carbocycles. The van der Waals surface area contributed by atoms with E-state index in [1.165, 1.54) is 12.8 Å². The van der Waals surface area contributed by atoms with E-state index in [1.54, 1.807) is 0 Å². The summed E-state index contributed by atoms with van der Waals surface area (Å²) in [7, 11) is 0. The number of hydrogen-bond acceptors (Lipinski definition) is 3. The zero-order valence-corrected chi connectivity index (χ0v) is 16.6. The first-order valence-electron chi connectivity index (χ1n) is 10.4. The van der Waals surface area contributed by atoms with Gasteiger partial charge >= 0.3 is 0 Å². The smallest absolute Gasteiger partial charge is 0.224 e. The Morgan fingerprint density at radius 1 is 1.00 bits per heavy atom. The van der Waals surface area contributed by atoms with Gasteiger partial charge in [-0.1, -0.05) is 31.0 Å². The van der Waals surface area contributed by atoms with Crippen LogP contribution in [0.4, 0.5) is 5.69 Å². The molecule has 1 fully saturated rings. The van der Waals surface area contributed by atoms with E-state index in [2.05, 4.69) is 15.3 Å². The van der Waals surface area contributed by atoms with E-state index in [-0.39, 0.29) is 5.91 Å². The third-order valence-electron chi connectivity index (χ3n) is 5.35. The number of para-hydroxylation sites is 1. The predicted molar refractivity (Wildman–Crippen MR) is 119 cm³/mol. The zero-order valence-electron chi connectivity index (χ0n) is 16.6. The molecule has 0 bridgehead atoms. The van der Waals surface area contributed by atoms with Crippen molar-refractivity contribution in [1.82, 2.24) is 9.97 Å². The van der Waals surface area contributed by atoms with E-state index in [0.29, 0.717) is 6.42 Å². The number of aromatic nitrogens is 2. The number of benzene rings is 3. The first-order chi connectivity index (χ1) is 14.7. The number of H-pyrrole nitrogens is 1. The monoisotopic (exact) mass is 397 g/mol. The van der Waals surface area contributed by atoms with Crippen molar-refractivity contribution in [2.75, 3.05) is 5.32 Å². The Hall–Kier alpha value is -3.60. The molecule has 1 amide bonds. The molecule has 0 saturated heterocycles. The second-order valence-electron chi connectivity index (χ2n) is 7.79. The van der Waals surface area contributed by atoms with Crippen LogP contribution in [0.15, 0.2) is 72.8 Å². The van der Waals surface area contributed by atoms with E-state index in [9.17, 15) is 4.79 Å². The van der Waals surface area contributed by atoms with Gasteiger partial charge in [-0.05, 0) is 66.9 Å². The van der Waals surface area contributed by atoms with Gasteiger partial charge in [0, 0.05) is 17.7 Å². The molecule has 5 rings (SSSR count). The molecule has 5 heteroatoms. The van der Waals surface area contributed by atoms with Crippen LogP contribution in [-0.4, -0.2) is 15.9 Å². The molecule has 3 aromatic carbocycles. The summed E-state index contributed by atoms with van der Waals surface area (Å²) in [6.45, 7) is 0. The largest absolute Gasteiger partial charge is 0.457 e. The summed E-state index contributed by atoms with van der Waals surface area (Å²) < 4.78 is 5.85. The van der Waals surface area contributed by atoms with Crippen LogP contribution in [0.2, 0.25) is 0 Å². The van der Waals surface area contributed by atoms with E-state index < -0.39 is 0 Å². The summed E-state index contributed by atoms with van der Waals surface area (Å²) in [5.41, 5.74) is 3.53. The second kappa shape index (κ2) is 8.03. The molecule has 0 spiro atoms. The van der Waals surface area contributed by atoms with Crippen molar-refractivity contribution in [3.05, 3.63) is 72.8 Å². The van der Waals surface area contributed by atoms with Gasteiger partial charge in [-0.2, -0.15) is 0 Å². The Morgan fingerprint density at radius 2 is 1.77 bits per heavy atom. The highest BCUT2D eigenvalue weighted by Gasteiger charge is 2.21. The molecule has 1 aliphatic carbocycles. The normalized spacial score (nSPS) is 13.3. The molecule has 30 heavy (non-hydrogen) atoms. The number of ether oxygens (including phenoxy) is 1. The molecule has 0 radical (unpaired) electrons. The Morgan fingerprint density at radius 3 is 2.53 bits per heavy atom. The zero-order chi connectivity index (χ0) is 20.3. The van der Waals surface area contributed by atoms with Crippen LogP contribution in [0.25, 0.3) is 22.4 Å². The van der Waals surface area contributed by atoms with Crippen molar-refractivity contribution < 1.29 is 9.53 Å². The van der Waals surface area contributed by atoms with Crippen LogP contribution in [0.5, 0.6) is 11.5 Å². The molecule has 2 N–H and O–H groups in total. The van der Waals surface area contributed by atoms with Crippen molar-refractivity contribution in [3.63, 3.8) is 0 Å². The van der Waals surface area contributed by atoms with Crippen LogP contribution in [0.1, 0.15) is 25.7 Å². The lowest BCUT2D eigenvalue weighted by Gasteiger charge is -2.05. The van der Waals surface area contributed by atoms with E-state index in [0.717, 1.165) is 51.9 Å². The van der Waals surface area contributed by atoms with E-state index >= 15 is 0 Å². The number of rotatable bonds is 7.